The highest BCUT2D eigenvalue weighted by Gasteiger charge is 1.90. The van der Waals surface area contributed by atoms with Gasteiger partial charge in [0.15, 0.2) is 0 Å². The SMILES string of the molecule is CN(Cl)c1cc[c]cc1. The van der Waals surface area contributed by atoms with Gasteiger partial charge in [0.05, 0.1) is 5.69 Å². The molecule has 1 aromatic carbocycles. The first kappa shape index (κ1) is 6.43. The average Bonchev–Trinajstić information content (AvgIpc) is 1.90. The first-order valence-corrected chi connectivity index (χ1v) is 3.00. The fourth-order valence-corrected chi connectivity index (χ4v) is 0.696. The summed E-state index contributed by atoms with van der Waals surface area (Å²) in [5, 5.41) is 0. The van der Waals surface area contributed by atoms with Crippen LogP contribution in [0.2, 0.25) is 0 Å². The molecule has 0 atom stereocenters. The maximum absolute atomic E-state index is 5.62. The molecule has 0 spiro atoms. The highest BCUT2D eigenvalue weighted by atomic mass is 35.5. The maximum atomic E-state index is 5.62. The van der Waals surface area contributed by atoms with Gasteiger partial charge >= 0.3 is 0 Å². The molecule has 47 valence electrons. The van der Waals surface area contributed by atoms with Crippen LogP contribution >= 0.6 is 11.8 Å². The van der Waals surface area contributed by atoms with Crippen molar-refractivity contribution in [2.45, 2.75) is 0 Å². The van der Waals surface area contributed by atoms with Crippen molar-refractivity contribution in [2.24, 2.45) is 0 Å². The lowest BCUT2D eigenvalue weighted by atomic mass is 10.3. The summed E-state index contributed by atoms with van der Waals surface area (Å²) in [4.78, 5) is 0. The van der Waals surface area contributed by atoms with Crippen molar-refractivity contribution in [3.05, 3.63) is 30.3 Å². The summed E-state index contributed by atoms with van der Waals surface area (Å²) in [6.45, 7) is 0. The van der Waals surface area contributed by atoms with Gasteiger partial charge in [-0.2, -0.15) is 0 Å². The van der Waals surface area contributed by atoms with Crippen LogP contribution in [0.4, 0.5) is 5.69 Å². The van der Waals surface area contributed by atoms with E-state index >= 15 is 0 Å². The largest absolute Gasteiger partial charge is 0.288 e. The molecule has 2 heteroatoms. The number of rotatable bonds is 1. The van der Waals surface area contributed by atoms with Crippen LogP contribution in [0, 0.1) is 6.07 Å². The van der Waals surface area contributed by atoms with Crippen LogP contribution in [0.1, 0.15) is 0 Å². The molecule has 0 unspecified atom stereocenters. The Morgan fingerprint density at radius 1 is 1.44 bits per heavy atom. The predicted octanol–water partition coefficient (Wildman–Crippen LogP) is 2.08. The van der Waals surface area contributed by atoms with Crippen LogP contribution in [-0.2, 0) is 0 Å². The summed E-state index contributed by atoms with van der Waals surface area (Å²) in [6, 6.07) is 10.3. The minimum Gasteiger partial charge on any atom is -0.288 e. The molecule has 0 fully saturated rings. The molecule has 0 aliphatic carbocycles. The van der Waals surface area contributed by atoms with E-state index in [0.29, 0.717) is 0 Å². The topological polar surface area (TPSA) is 3.24 Å². The lowest BCUT2D eigenvalue weighted by Gasteiger charge is -2.06. The Bertz CT molecular complexity index is 172. The summed E-state index contributed by atoms with van der Waals surface area (Å²) in [7, 11) is 1.79. The van der Waals surface area contributed by atoms with Gasteiger partial charge in [-0.25, -0.2) is 0 Å². The van der Waals surface area contributed by atoms with E-state index in [2.05, 4.69) is 6.07 Å². The third-order valence-corrected chi connectivity index (χ3v) is 1.25. The number of anilines is 1. The van der Waals surface area contributed by atoms with E-state index in [1.807, 2.05) is 24.3 Å². The van der Waals surface area contributed by atoms with Crippen LogP contribution in [0.5, 0.6) is 0 Å². The number of nitrogens with zero attached hydrogens (tertiary/aromatic N) is 1. The molecule has 1 nitrogen and oxygen atoms in total. The molecule has 0 bridgehead atoms. The first-order valence-electron chi connectivity index (χ1n) is 2.66. The molecular weight excluding hydrogens is 134 g/mol. The van der Waals surface area contributed by atoms with Gasteiger partial charge in [-0.1, -0.05) is 12.1 Å². The Morgan fingerprint density at radius 3 is 2.33 bits per heavy atom. The molecule has 0 aliphatic heterocycles. The smallest absolute Gasteiger partial charge is 0.0520 e. The van der Waals surface area contributed by atoms with Crippen molar-refractivity contribution in [3.63, 3.8) is 0 Å². The highest BCUT2D eigenvalue weighted by Crippen LogP contribution is 2.11. The molecule has 0 amide bonds. The van der Waals surface area contributed by atoms with Gasteiger partial charge in [-0.3, -0.25) is 4.42 Å². The molecule has 0 N–H and O–H groups in total. The zero-order valence-corrected chi connectivity index (χ0v) is 5.89. The van der Waals surface area contributed by atoms with Gasteiger partial charge < -0.3 is 0 Å². The van der Waals surface area contributed by atoms with E-state index in [-0.39, 0.29) is 0 Å². The van der Waals surface area contributed by atoms with Crippen molar-refractivity contribution >= 4 is 17.5 Å². The molecule has 0 saturated carbocycles. The lowest BCUT2D eigenvalue weighted by molar-refractivity contribution is 1.34. The second-order valence-corrected chi connectivity index (χ2v) is 2.24. The second-order valence-electron chi connectivity index (χ2n) is 1.74. The zero-order valence-electron chi connectivity index (χ0n) is 5.13. The molecule has 0 heterocycles. The van der Waals surface area contributed by atoms with Gasteiger partial charge in [-0.15, -0.1) is 0 Å². The molecule has 1 radical (unpaired) electrons. The van der Waals surface area contributed by atoms with Gasteiger partial charge in [0.1, 0.15) is 0 Å². The van der Waals surface area contributed by atoms with Crippen molar-refractivity contribution < 1.29 is 0 Å². The van der Waals surface area contributed by atoms with Gasteiger partial charge in [-0.05, 0) is 18.2 Å². The standard InChI is InChI=1S/C7H7ClN/c1-9(8)7-5-3-2-4-6-7/h3-6H,1H3. The third kappa shape index (κ3) is 1.61. The fraction of sp³-hybridized carbons (Fsp3) is 0.143. The summed E-state index contributed by atoms with van der Waals surface area (Å²) >= 11 is 5.62. The molecule has 1 aromatic rings. The van der Waals surface area contributed by atoms with Crippen LogP contribution in [0.15, 0.2) is 24.3 Å². The van der Waals surface area contributed by atoms with Crippen molar-refractivity contribution in [3.8, 4) is 0 Å². The van der Waals surface area contributed by atoms with Gasteiger partial charge in [0, 0.05) is 18.8 Å². The van der Waals surface area contributed by atoms with Gasteiger partial charge in [0.25, 0.3) is 0 Å². The Kier molecular flexibility index (Phi) is 1.96. The minimum absolute atomic E-state index is 0.982. The number of benzene rings is 1. The number of halogens is 1. The normalized spacial score (nSPS) is 9.11. The minimum atomic E-state index is 0.982. The van der Waals surface area contributed by atoms with Crippen LogP contribution in [-0.4, -0.2) is 7.05 Å². The van der Waals surface area contributed by atoms with Crippen molar-refractivity contribution in [2.75, 3.05) is 11.5 Å². The van der Waals surface area contributed by atoms with Crippen LogP contribution in [0.25, 0.3) is 0 Å². The van der Waals surface area contributed by atoms with E-state index in [4.69, 9.17) is 11.8 Å². The number of hydrogen-bond acceptors (Lipinski definition) is 1. The van der Waals surface area contributed by atoms with Gasteiger partial charge in [0.2, 0.25) is 0 Å². The summed E-state index contributed by atoms with van der Waals surface area (Å²) in [6.07, 6.45) is 0. The Labute approximate surface area is 60.0 Å². The van der Waals surface area contributed by atoms with Crippen LogP contribution < -0.4 is 4.42 Å². The monoisotopic (exact) mass is 140 g/mol. The Morgan fingerprint density at radius 2 is 2.00 bits per heavy atom. The Balaban J connectivity index is 2.85. The molecule has 1 rings (SSSR count). The second kappa shape index (κ2) is 2.74. The van der Waals surface area contributed by atoms with Crippen molar-refractivity contribution in [1.82, 2.24) is 0 Å². The van der Waals surface area contributed by atoms with E-state index in [1.165, 1.54) is 4.42 Å². The van der Waals surface area contributed by atoms with E-state index < -0.39 is 0 Å². The molecule has 0 saturated heterocycles. The average molecular weight is 141 g/mol. The van der Waals surface area contributed by atoms with Crippen LogP contribution in [0.3, 0.4) is 0 Å². The van der Waals surface area contributed by atoms with Crippen molar-refractivity contribution in [1.29, 1.82) is 0 Å². The predicted molar refractivity (Wildman–Crippen MR) is 39.5 cm³/mol. The van der Waals surface area contributed by atoms with E-state index in [1.54, 1.807) is 7.05 Å². The fourth-order valence-electron chi connectivity index (χ4n) is 0.584. The molecular formula is C7H7ClN. The summed E-state index contributed by atoms with van der Waals surface area (Å²) in [5.74, 6) is 0. The third-order valence-electron chi connectivity index (χ3n) is 1.06. The summed E-state index contributed by atoms with van der Waals surface area (Å²) in [5.41, 5.74) is 0.982. The zero-order chi connectivity index (χ0) is 6.69. The van der Waals surface area contributed by atoms with E-state index in [9.17, 15) is 0 Å². The molecule has 9 heavy (non-hydrogen) atoms. The van der Waals surface area contributed by atoms with E-state index in [0.717, 1.165) is 5.69 Å². The molecule has 0 aromatic heterocycles. The highest BCUT2D eigenvalue weighted by molar-refractivity contribution is 6.25. The quantitative estimate of drug-likeness (QED) is 0.540. The number of hydrogen-bond donors (Lipinski definition) is 0. The summed E-state index contributed by atoms with van der Waals surface area (Å²) < 4.78 is 1.54. The lowest BCUT2D eigenvalue weighted by Crippen LogP contribution is -1.98. The Hall–Kier alpha value is -0.690. The molecule has 0 aliphatic rings. The maximum Gasteiger partial charge on any atom is 0.0520 e. The first-order chi connectivity index (χ1) is 4.30.